The van der Waals surface area contributed by atoms with Gasteiger partial charge in [0.1, 0.15) is 0 Å². The number of halogens is 2. The molecule has 1 aromatic rings. The SMILES string of the molecule is COc1c(CN)ccc(Br)c1F. The fourth-order valence-corrected chi connectivity index (χ4v) is 1.27. The lowest BCUT2D eigenvalue weighted by Gasteiger charge is -2.07. The van der Waals surface area contributed by atoms with Gasteiger partial charge in [0.2, 0.25) is 0 Å². The number of nitrogens with two attached hydrogens (primary N) is 1. The lowest BCUT2D eigenvalue weighted by molar-refractivity contribution is 0.380. The summed E-state index contributed by atoms with van der Waals surface area (Å²) in [5.74, 6) is -0.188. The summed E-state index contributed by atoms with van der Waals surface area (Å²) in [6.07, 6.45) is 0. The molecular formula is C8H9BrFNO. The lowest BCUT2D eigenvalue weighted by atomic mass is 10.2. The highest BCUT2D eigenvalue weighted by Gasteiger charge is 2.10. The van der Waals surface area contributed by atoms with Crippen molar-refractivity contribution >= 4 is 15.9 Å². The van der Waals surface area contributed by atoms with E-state index < -0.39 is 5.82 Å². The van der Waals surface area contributed by atoms with Crippen LogP contribution in [0.15, 0.2) is 16.6 Å². The van der Waals surface area contributed by atoms with Crippen LogP contribution in [0.1, 0.15) is 5.56 Å². The third-order valence-corrected chi connectivity index (χ3v) is 2.17. The van der Waals surface area contributed by atoms with Gasteiger partial charge in [-0.15, -0.1) is 0 Å². The summed E-state index contributed by atoms with van der Waals surface area (Å²) in [6, 6.07) is 3.34. The van der Waals surface area contributed by atoms with E-state index in [2.05, 4.69) is 15.9 Å². The molecule has 4 heteroatoms. The highest BCUT2D eigenvalue weighted by atomic mass is 79.9. The lowest BCUT2D eigenvalue weighted by Crippen LogP contribution is -2.01. The number of ether oxygens (including phenoxy) is 1. The standard InChI is InChI=1S/C8H9BrFNO/c1-12-8-5(4-11)2-3-6(9)7(8)10/h2-3H,4,11H2,1H3. The number of methoxy groups -OCH3 is 1. The molecule has 1 aromatic carbocycles. The number of hydrogen-bond acceptors (Lipinski definition) is 2. The molecule has 0 radical (unpaired) electrons. The second-order valence-electron chi connectivity index (χ2n) is 2.26. The molecule has 12 heavy (non-hydrogen) atoms. The molecule has 0 aromatic heterocycles. The van der Waals surface area contributed by atoms with E-state index in [-0.39, 0.29) is 12.3 Å². The second-order valence-corrected chi connectivity index (χ2v) is 3.11. The van der Waals surface area contributed by atoms with Gasteiger partial charge >= 0.3 is 0 Å². The summed E-state index contributed by atoms with van der Waals surface area (Å²) in [5, 5.41) is 0. The smallest absolute Gasteiger partial charge is 0.179 e. The number of benzene rings is 1. The fourth-order valence-electron chi connectivity index (χ4n) is 0.953. The Morgan fingerprint density at radius 1 is 1.58 bits per heavy atom. The average Bonchev–Trinajstić information content (AvgIpc) is 2.09. The van der Waals surface area contributed by atoms with Gasteiger partial charge in [0.15, 0.2) is 11.6 Å². The van der Waals surface area contributed by atoms with Crippen LogP contribution in [0.25, 0.3) is 0 Å². The maximum atomic E-state index is 13.2. The van der Waals surface area contributed by atoms with Gasteiger partial charge in [-0.05, 0) is 22.0 Å². The van der Waals surface area contributed by atoms with Gasteiger partial charge in [-0.25, -0.2) is 4.39 Å². The summed E-state index contributed by atoms with van der Waals surface area (Å²) >= 11 is 3.05. The maximum absolute atomic E-state index is 13.2. The monoisotopic (exact) mass is 233 g/mol. The van der Waals surface area contributed by atoms with E-state index in [0.29, 0.717) is 10.0 Å². The van der Waals surface area contributed by atoms with Crippen molar-refractivity contribution < 1.29 is 9.13 Å². The molecular weight excluding hydrogens is 225 g/mol. The van der Waals surface area contributed by atoms with E-state index in [4.69, 9.17) is 10.5 Å². The van der Waals surface area contributed by atoms with E-state index >= 15 is 0 Å². The molecule has 0 spiro atoms. The normalized spacial score (nSPS) is 10.0. The summed E-state index contributed by atoms with van der Waals surface area (Å²) in [4.78, 5) is 0. The Kier molecular flexibility index (Phi) is 3.05. The summed E-state index contributed by atoms with van der Waals surface area (Å²) in [7, 11) is 1.42. The van der Waals surface area contributed by atoms with Crippen molar-refractivity contribution in [3.63, 3.8) is 0 Å². The van der Waals surface area contributed by atoms with Crippen LogP contribution in [0.2, 0.25) is 0 Å². The molecule has 2 nitrogen and oxygen atoms in total. The molecule has 66 valence electrons. The average molecular weight is 234 g/mol. The summed E-state index contributed by atoms with van der Waals surface area (Å²) < 4.78 is 18.5. The molecule has 0 bridgehead atoms. The Labute approximate surface area is 78.6 Å². The molecule has 0 saturated carbocycles. The first kappa shape index (κ1) is 9.48. The van der Waals surface area contributed by atoms with E-state index in [0.717, 1.165) is 0 Å². The molecule has 0 atom stereocenters. The van der Waals surface area contributed by atoms with E-state index in [1.165, 1.54) is 7.11 Å². The Morgan fingerprint density at radius 3 is 2.75 bits per heavy atom. The van der Waals surface area contributed by atoms with Gasteiger partial charge in [-0.3, -0.25) is 0 Å². The predicted octanol–water partition coefficient (Wildman–Crippen LogP) is 2.06. The second kappa shape index (κ2) is 3.87. The number of hydrogen-bond donors (Lipinski definition) is 1. The molecule has 0 aliphatic heterocycles. The number of rotatable bonds is 2. The van der Waals surface area contributed by atoms with Crippen LogP contribution in [-0.4, -0.2) is 7.11 Å². The highest BCUT2D eigenvalue weighted by Crippen LogP contribution is 2.28. The van der Waals surface area contributed by atoms with E-state index in [9.17, 15) is 4.39 Å². The Morgan fingerprint density at radius 2 is 2.25 bits per heavy atom. The first-order chi connectivity index (χ1) is 5.70. The molecule has 0 aliphatic rings. The third kappa shape index (κ3) is 1.59. The van der Waals surface area contributed by atoms with Crippen LogP contribution in [-0.2, 0) is 6.54 Å². The van der Waals surface area contributed by atoms with Crippen LogP contribution >= 0.6 is 15.9 Å². The topological polar surface area (TPSA) is 35.2 Å². The first-order valence-electron chi connectivity index (χ1n) is 3.41. The Bertz CT molecular complexity index is 291. The third-order valence-electron chi connectivity index (χ3n) is 1.56. The Hall–Kier alpha value is -0.610. The minimum absolute atomic E-state index is 0.215. The molecule has 0 heterocycles. The van der Waals surface area contributed by atoms with Gasteiger partial charge in [-0.2, -0.15) is 0 Å². The fraction of sp³-hybridized carbons (Fsp3) is 0.250. The minimum Gasteiger partial charge on any atom is -0.493 e. The van der Waals surface area contributed by atoms with Crippen LogP contribution in [0.3, 0.4) is 0 Å². The van der Waals surface area contributed by atoms with Gasteiger partial charge in [0.05, 0.1) is 11.6 Å². The van der Waals surface area contributed by atoms with E-state index in [1.54, 1.807) is 12.1 Å². The van der Waals surface area contributed by atoms with E-state index in [1.807, 2.05) is 0 Å². The van der Waals surface area contributed by atoms with Crippen LogP contribution in [0.5, 0.6) is 5.75 Å². The molecule has 1 rings (SSSR count). The van der Waals surface area contributed by atoms with Gasteiger partial charge < -0.3 is 10.5 Å². The van der Waals surface area contributed by atoms with Crippen LogP contribution in [0, 0.1) is 5.82 Å². The predicted molar refractivity (Wildman–Crippen MR) is 48.5 cm³/mol. The van der Waals surface area contributed by atoms with Crippen molar-refractivity contribution in [2.24, 2.45) is 5.73 Å². The Balaban J connectivity index is 3.25. The molecule has 0 saturated heterocycles. The van der Waals surface area contributed by atoms with Crippen molar-refractivity contribution in [3.05, 3.63) is 28.0 Å². The maximum Gasteiger partial charge on any atom is 0.179 e. The molecule has 0 unspecified atom stereocenters. The van der Waals surface area contributed by atoms with Crippen LogP contribution in [0.4, 0.5) is 4.39 Å². The minimum atomic E-state index is -0.402. The molecule has 0 amide bonds. The zero-order valence-electron chi connectivity index (χ0n) is 6.60. The highest BCUT2D eigenvalue weighted by molar-refractivity contribution is 9.10. The van der Waals surface area contributed by atoms with Crippen molar-refractivity contribution in [3.8, 4) is 5.75 Å². The zero-order chi connectivity index (χ0) is 9.14. The molecule has 2 N–H and O–H groups in total. The van der Waals surface area contributed by atoms with Gasteiger partial charge in [0.25, 0.3) is 0 Å². The van der Waals surface area contributed by atoms with Gasteiger partial charge in [0, 0.05) is 12.1 Å². The largest absolute Gasteiger partial charge is 0.493 e. The van der Waals surface area contributed by atoms with Crippen molar-refractivity contribution in [1.82, 2.24) is 0 Å². The first-order valence-corrected chi connectivity index (χ1v) is 4.21. The van der Waals surface area contributed by atoms with Crippen molar-refractivity contribution in [2.45, 2.75) is 6.54 Å². The zero-order valence-corrected chi connectivity index (χ0v) is 8.19. The molecule has 0 aliphatic carbocycles. The summed E-state index contributed by atoms with van der Waals surface area (Å²) in [6.45, 7) is 0.271. The summed E-state index contributed by atoms with van der Waals surface area (Å²) in [5.41, 5.74) is 6.05. The van der Waals surface area contributed by atoms with Crippen molar-refractivity contribution in [1.29, 1.82) is 0 Å². The van der Waals surface area contributed by atoms with Crippen LogP contribution < -0.4 is 10.5 Å². The quantitative estimate of drug-likeness (QED) is 0.849. The van der Waals surface area contributed by atoms with Crippen molar-refractivity contribution in [2.75, 3.05) is 7.11 Å². The molecule has 0 fully saturated rings. The van der Waals surface area contributed by atoms with Gasteiger partial charge in [-0.1, -0.05) is 6.07 Å².